The van der Waals surface area contributed by atoms with Crippen molar-refractivity contribution in [1.82, 2.24) is 19.9 Å². The van der Waals surface area contributed by atoms with Crippen molar-refractivity contribution in [3.63, 3.8) is 0 Å². The maximum atomic E-state index is 13.1. The first-order valence-corrected chi connectivity index (χ1v) is 7.18. The zero-order chi connectivity index (χ0) is 13.9. The van der Waals surface area contributed by atoms with Gasteiger partial charge in [-0.3, -0.25) is 0 Å². The lowest BCUT2D eigenvalue weighted by molar-refractivity contribution is 0.376. The van der Waals surface area contributed by atoms with E-state index >= 15 is 0 Å². The summed E-state index contributed by atoms with van der Waals surface area (Å²) in [6, 6.07) is 3.07. The first-order chi connectivity index (χ1) is 9.76. The molecular weight excluding hydrogens is 257 g/mol. The number of pyridine rings is 1. The Morgan fingerprint density at radius 3 is 2.90 bits per heavy atom. The fourth-order valence-electron chi connectivity index (χ4n) is 2.75. The van der Waals surface area contributed by atoms with E-state index in [-0.39, 0.29) is 5.82 Å². The van der Waals surface area contributed by atoms with Crippen LogP contribution in [-0.4, -0.2) is 41.3 Å². The topological polar surface area (TPSA) is 45.5 Å². The predicted molar refractivity (Wildman–Crippen MR) is 76.4 cm³/mol. The van der Waals surface area contributed by atoms with E-state index < -0.39 is 0 Å². The highest BCUT2D eigenvalue weighted by Gasteiger charge is 2.21. The predicted octanol–water partition coefficient (Wildman–Crippen LogP) is 1.69. The molecule has 3 heterocycles. The average molecular weight is 277 g/mol. The number of halogens is 1. The van der Waals surface area contributed by atoms with E-state index in [9.17, 15) is 4.39 Å². The van der Waals surface area contributed by atoms with Gasteiger partial charge in [0, 0.05) is 13.1 Å². The van der Waals surface area contributed by atoms with Gasteiger partial charge in [0.2, 0.25) is 5.95 Å². The molecular formula is C14H20FN5. The molecule has 1 aliphatic heterocycles. The summed E-state index contributed by atoms with van der Waals surface area (Å²) in [5, 5.41) is 7.57. The molecule has 20 heavy (non-hydrogen) atoms. The third-order valence-corrected chi connectivity index (χ3v) is 3.98. The summed E-state index contributed by atoms with van der Waals surface area (Å²) in [5.74, 6) is 1.20. The molecule has 1 N–H and O–H groups in total. The molecule has 6 heteroatoms. The van der Waals surface area contributed by atoms with Crippen LogP contribution in [0.3, 0.4) is 0 Å². The van der Waals surface area contributed by atoms with Gasteiger partial charge in [0.25, 0.3) is 0 Å². The zero-order valence-corrected chi connectivity index (χ0v) is 11.7. The van der Waals surface area contributed by atoms with Gasteiger partial charge < -0.3 is 10.2 Å². The lowest BCUT2D eigenvalue weighted by Crippen LogP contribution is -2.35. The molecule has 0 radical (unpaired) electrons. The molecule has 0 spiro atoms. The summed E-state index contributed by atoms with van der Waals surface area (Å²) in [7, 11) is 1.99. The van der Waals surface area contributed by atoms with Crippen molar-refractivity contribution in [2.24, 2.45) is 5.92 Å². The quantitative estimate of drug-likeness (QED) is 0.924. The molecule has 1 saturated heterocycles. The van der Waals surface area contributed by atoms with Crippen molar-refractivity contribution in [2.75, 3.05) is 31.6 Å². The van der Waals surface area contributed by atoms with Gasteiger partial charge in [-0.2, -0.15) is 4.98 Å². The summed E-state index contributed by atoms with van der Waals surface area (Å²) in [4.78, 5) is 6.66. The Bertz CT molecular complexity index is 574. The van der Waals surface area contributed by atoms with Gasteiger partial charge in [-0.25, -0.2) is 8.91 Å². The van der Waals surface area contributed by atoms with Crippen molar-refractivity contribution >= 4 is 11.6 Å². The molecule has 1 aliphatic rings. The maximum Gasteiger partial charge on any atom is 0.245 e. The Balaban J connectivity index is 1.67. The molecule has 108 valence electrons. The maximum absolute atomic E-state index is 13.1. The number of anilines is 1. The van der Waals surface area contributed by atoms with Gasteiger partial charge in [-0.15, -0.1) is 5.10 Å². The standard InChI is InChI=1S/C14H20FN5/c1-16-7-4-11-5-8-19(9-6-11)14-17-13-3-2-12(15)10-20(13)18-14/h2-3,10-11,16H,4-9H2,1H3. The number of hydrogen-bond donors (Lipinski definition) is 1. The van der Waals surface area contributed by atoms with Crippen LogP contribution >= 0.6 is 0 Å². The highest BCUT2D eigenvalue weighted by molar-refractivity contribution is 5.44. The molecule has 0 saturated carbocycles. The summed E-state index contributed by atoms with van der Waals surface area (Å²) >= 11 is 0. The second kappa shape index (κ2) is 5.75. The number of fused-ring (bicyclic) bond motifs is 1. The summed E-state index contributed by atoms with van der Waals surface area (Å²) in [6.45, 7) is 3.04. The summed E-state index contributed by atoms with van der Waals surface area (Å²) < 4.78 is 14.7. The van der Waals surface area contributed by atoms with Gasteiger partial charge in [0.15, 0.2) is 5.65 Å². The van der Waals surface area contributed by atoms with Gasteiger partial charge in [-0.1, -0.05) is 0 Å². The van der Waals surface area contributed by atoms with Crippen molar-refractivity contribution in [3.8, 4) is 0 Å². The van der Waals surface area contributed by atoms with Crippen LogP contribution in [0.15, 0.2) is 18.3 Å². The number of rotatable bonds is 4. The highest BCUT2D eigenvalue weighted by atomic mass is 19.1. The molecule has 0 unspecified atom stereocenters. The SMILES string of the molecule is CNCCC1CCN(c2nc3ccc(F)cn3n2)CC1. The first-order valence-electron chi connectivity index (χ1n) is 7.18. The summed E-state index contributed by atoms with van der Waals surface area (Å²) in [5.41, 5.74) is 0.693. The molecule has 0 bridgehead atoms. The van der Waals surface area contributed by atoms with Gasteiger partial charge in [0.1, 0.15) is 5.82 Å². The van der Waals surface area contributed by atoms with E-state index in [0.717, 1.165) is 25.6 Å². The van der Waals surface area contributed by atoms with Crippen LogP contribution < -0.4 is 10.2 Å². The minimum atomic E-state index is -0.292. The Hall–Kier alpha value is -1.69. The Labute approximate surface area is 117 Å². The lowest BCUT2D eigenvalue weighted by Gasteiger charge is -2.31. The van der Waals surface area contributed by atoms with Crippen LogP contribution in [0, 0.1) is 11.7 Å². The molecule has 2 aromatic rings. The molecule has 5 nitrogen and oxygen atoms in total. The van der Waals surface area contributed by atoms with Gasteiger partial charge in [-0.05, 0) is 50.9 Å². The average Bonchev–Trinajstić information content (AvgIpc) is 2.88. The fourth-order valence-corrected chi connectivity index (χ4v) is 2.75. The largest absolute Gasteiger partial charge is 0.339 e. The first kappa shape index (κ1) is 13.3. The minimum Gasteiger partial charge on any atom is -0.339 e. The smallest absolute Gasteiger partial charge is 0.245 e. The monoisotopic (exact) mass is 277 g/mol. The zero-order valence-electron chi connectivity index (χ0n) is 11.7. The van der Waals surface area contributed by atoms with E-state index in [0.29, 0.717) is 11.6 Å². The van der Waals surface area contributed by atoms with E-state index in [4.69, 9.17) is 0 Å². The van der Waals surface area contributed by atoms with Crippen molar-refractivity contribution < 1.29 is 4.39 Å². The van der Waals surface area contributed by atoms with Crippen LogP contribution in [-0.2, 0) is 0 Å². The van der Waals surface area contributed by atoms with E-state index in [2.05, 4.69) is 20.3 Å². The molecule has 2 aromatic heterocycles. The Morgan fingerprint density at radius 2 is 2.15 bits per heavy atom. The highest BCUT2D eigenvalue weighted by Crippen LogP contribution is 2.23. The van der Waals surface area contributed by atoms with Crippen LogP contribution in [0.1, 0.15) is 19.3 Å². The van der Waals surface area contributed by atoms with E-state index in [1.165, 1.54) is 36.0 Å². The molecule has 0 amide bonds. The summed E-state index contributed by atoms with van der Waals surface area (Å²) in [6.07, 6.45) is 4.94. The molecule has 0 atom stereocenters. The van der Waals surface area contributed by atoms with Crippen LogP contribution in [0.25, 0.3) is 5.65 Å². The van der Waals surface area contributed by atoms with E-state index in [1.54, 1.807) is 6.07 Å². The van der Waals surface area contributed by atoms with Crippen LogP contribution in [0.5, 0.6) is 0 Å². The third kappa shape index (κ3) is 2.75. The number of aromatic nitrogens is 3. The minimum absolute atomic E-state index is 0.292. The molecule has 1 fully saturated rings. The van der Waals surface area contributed by atoms with Crippen LogP contribution in [0.4, 0.5) is 10.3 Å². The number of hydrogen-bond acceptors (Lipinski definition) is 4. The Kier molecular flexibility index (Phi) is 3.82. The molecule has 3 rings (SSSR count). The van der Waals surface area contributed by atoms with Crippen molar-refractivity contribution in [2.45, 2.75) is 19.3 Å². The number of nitrogens with one attached hydrogen (secondary N) is 1. The molecule has 0 aromatic carbocycles. The second-order valence-electron chi connectivity index (χ2n) is 5.38. The third-order valence-electron chi connectivity index (χ3n) is 3.98. The number of nitrogens with zero attached hydrogens (tertiary/aromatic N) is 4. The number of piperidine rings is 1. The molecule has 0 aliphatic carbocycles. The lowest BCUT2D eigenvalue weighted by atomic mass is 9.94. The second-order valence-corrected chi connectivity index (χ2v) is 5.38. The Morgan fingerprint density at radius 1 is 1.35 bits per heavy atom. The van der Waals surface area contributed by atoms with E-state index in [1.807, 2.05) is 7.05 Å². The van der Waals surface area contributed by atoms with Gasteiger partial charge >= 0.3 is 0 Å². The van der Waals surface area contributed by atoms with Gasteiger partial charge in [0.05, 0.1) is 6.20 Å². The normalized spacial score (nSPS) is 17.0. The fraction of sp³-hybridized carbons (Fsp3) is 0.571. The van der Waals surface area contributed by atoms with Crippen LogP contribution in [0.2, 0.25) is 0 Å². The van der Waals surface area contributed by atoms with Crippen molar-refractivity contribution in [3.05, 3.63) is 24.1 Å². The van der Waals surface area contributed by atoms with Crippen molar-refractivity contribution in [1.29, 1.82) is 0 Å².